The van der Waals surface area contributed by atoms with Crippen molar-refractivity contribution in [1.82, 2.24) is 39.0 Å². The Hall–Kier alpha value is -3.98. The molecule has 4 aromatic rings. The summed E-state index contributed by atoms with van der Waals surface area (Å²) in [5, 5.41) is 65.1. The minimum atomic E-state index is -1.15. The van der Waals surface area contributed by atoms with Crippen molar-refractivity contribution in [3.05, 3.63) is 25.3 Å². The number of ether oxygens (including phenoxy) is 2. The third kappa shape index (κ3) is 9.70. The first-order valence-electron chi connectivity index (χ1n) is 17.3. The summed E-state index contributed by atoms with van der Waals surface area (Å²) in [6, 6.07) is -1.83. The van der Waals surface area contributed by atoms with E-state index in [0.29, 0.717) is 76.4 Å². The van der Waals surface area contributed by atoms with Crippen molar-refractivity contribution in [2.45, 2.75) is 80.9 Å². The van der Waals surface area contributed by atoms with E-state index in [1.165, 1.54) is 48.8 Å². The molecule has 24 heteroatoms. The third-order valence-corrected chi connectivity index (χ3v) is 11.0. The van der Waals surface area contributed by atoms with Gasteiger partial charge in [-0.1, -0.05) is 0 Å². The van der Waals surface area contributed by atoms with Gasteiger partial charge in [0.15, 0.2) is 40.9 Å². The van der Waals surface area contributed by atoms with Crippen LogP contribution in [-0.4, -0.2) is 167 Å². The van der Waals surface area contributed by atoms with Crippen LogP contribution in [0.3, 0.4) is 0 Å². The summed E-state index contributed by atoms with van der Waals surface area (Å²) in [5.74, 6) is 0.851. The van der Waals surface area contributed by atoms with Gasteiger partial charge < -0.3 is 62.2 Å². The highest BCUT2D eigenvalue weighted by molar-refractivity contribution is 7.99. The van der Waals surface area contributed by atoms with Crippen LogP contribution in [0.15, 0.2) is 25.3 Å². The average Bonchev–Trinajstić information content (AvgIpc) is 3.94. The van der Waals surface area contributed by atoms with Crippen molar-refractivity contribution in [3.63, 3.8) is 0 Å². The van der Waals surface area contributed by atoms with Gasteiger partial charge >= 0.3 is 11.9 Å². The summed E-state index contributed by atoms with van der Waals surface area (Å²) in [6.07, 6.45) is -0.982. The quantitative estimate of drug-likeness (QED) is 0.0539. The number of anilines is 2. The minimum Gasteiger partial charge on any atom is -0.480 e. The summed E-state index contributed by atoms with van der Waals surface area (Å²) in [4.78, 5) is 46.7. The van der Waals surface area contributed by atoms with Gasteiger partial charge in [0.1, 0.15) is 54.7 Å². The molecule has 2 saturated heterocycles. The fourth-order valence-electron chi connectivity index (χ4n) is 5.82. The maximum atomic E-state index is 10.7. The highest BCUT2D eigenvalue weighted by Gasteiger charge is 2.45. The Balaban J connectivity index is 0.000000211. The molecular formula is C31H46N12O10S2. The average molecular weight is 811 g/mol. The molecule has 10 unspecified atom stereocenters. The topological polar surface area (TPSA) is 337 Å². The molecule has 2 fully saturated rings. The number of nitrogens with two attached hydrogens (primary N) is 2. The first kappa shape index (κ1) is 42.2. The number of nitrogens with zero attached hydrogens (tertiary/aromatic N) is 8. The molecule has 2 aliphatic rings. The summed E-state index contributed by atoms with van der Waals surface area (Å²) in [5.41, 5.74) is 13.0. The molecule has 0 amide bonds. The predicted octanol–water partition coefficient (Wildman–Crippen LogP) is -1.57. The number of aliphatic hydroxyl groups excluding tert-OH is 4. The number of fused-ring (bicyclic) bond motifs is 2. The van der Waals surface area contributed by atoms with E-state index in [-0.39, 0.29) is 0 Å². The van der Waals surface area contributed by atoms with Crippen molar-refractivity contribution in [2.24, 2.45) is 11.5 Å². The minimum absolute atomic E-state index is 0.310. The second kappa shape index (κ2) is 19.2. The maximum Gasteiger partial charge on any atom is 0.320 e. The molecule has 12 N–H and O–H groups in total. The van der Waals surface area contributed by atoms with E-state index in [9.17, 15) is 30.0 Å². The Morgan fingerprint density at radius 2 is 1.18 bits per heavy atom. The molecule has 55 heavy (non-hydrogen) atoms. The molecule has 22 nitrogen and oxygen atoms in total. The van der Waals surface area contributed by atoms with Gasteiger partial charge in [0, 0.05) is 25.1 Å². The van der Waals surface area contributed by atoms with Crippen LogP contribution in [0.5, 0.6) is 0 Å². The van der Waals surface area contributed by atoms with E-state index in [2.05, 4.69) is 40.5 Å². The van der Waals surface area contributed by atoms with Crippen LogP contribution < -0.4 is 22.1 Å². The van der Waals surface area contributed by atoms with Gasteiger partial charge in [0.2, 0.25) is 0 Å². The first-order chi connectivity index (χ1) is 26.4. The number of aliphatic hydroxyl groups is 4. The zero-order valence-corrected chi connectivity index (χ0v) is 31.5. The van der Waals surface area contributed by atoms with Gasteiger partial charge in [-0.3, -0.25) is 18.7 Å². The number of carbonyl (C=O) groups is 2. The van der Waals surface area contributed by atoms with Crippen LogP contribution in [0.1, 0.15) is 32.2 Å². The molecule has 0 radical (unpaired) electrons. The largest absolute Gasteiger partial charge is 0.480 e. The number of carboxylic acid groups (broad SMARTS) is 2. The molecule has 6 heterocycles. The molecule has 302 valence electrons. The standard InChI is InChI=1S/C16H24N6O5S.C15H22N6O5S/c1-2-18-13-10-14(20-6-19-13)22(7-21-10)15-12(24)11(23)9(27-15)5-28-4-3-8(17)16(25)26;1-17-12-9-13(19-5-18-12)21(6-20-9)14-11(23)10(22)8(26-14)4-27-3-2-7(16)15(24)25/h6-9,11-12,15,23-24H,2-5,17H2,1H3,(H,25,26)(H,18,19,20);5-8,10-11,14,22-23H,2-4,16H2,1H3,(H,24,25)(H,17,18,19). The molecule has 0 bridgehead atoms. The highest BCUT2D eigenvalue weighted by Crippen LogP contribution is 2.35. The van der Waals surface area contributed by atoms with Crippen LogP contribution in [0.4, 0.5) is 11.6 Å². The summed E-state index contributed by atoms with van der Waals surface area (Å²) in [7, 11) is 1.72. The molecule has 4 aromatic heterocycles. The Morgan fingerprint density at radius 1 is 0.745 bits per heavy atom. The third-order valence-electron chi connectivity index (χ3n) is 8.87. The van der Waals surface area contributed by atoms with E-state index in [4.69, 9.17) is 31.2 Å². The van der Waals surface area contributed by atoms with Crippen LogP contribution >= 0.6 is 23.5 Å². The highest BCUT2D eigenvalue weighted by atomic mass is 32.2. The van der Waals surface area contributed by atoms with E-state index < -0.39 is 73.1 Å². The summed E-state index contributed by atoms with van der Waals surface area (Å²) < 4.78 is 14.9. The van der Waals surface area contributed by atoms with Crippen LogP contribution in [0, 0.1) is 0 Å². The number of carboxylic acids is 2. The second-order valence-corrected chi connectivity index (χ2v) is 14.9. The Bertz CT molecular complexity index is 1890. The number of imidazole rings is 2. The first-order valence-corrected chi connectivity index (χ1v) is 19.6. The lowest BCUT2D eigenvalue weighted by Crippen LogP contribution is -2.33. The fourth-order valence-corrected chi connectivity index (χ4v) is 8.01. The fraction of sp³-hybridized carbons (Fsp3) is 0.613. The number of thioether (sulfide) groups is 2. The molecule has 6 rings (SSSR count). The van der Waals surface area contributed by atoms with E-state index in [1.807, 2.05) is 6.92 Å². The van der Waals surface area contributed by atoms with Gasteiger partial charge in [-0.15, -0.1) is 0 Å². The number of hydrogen-bond donors (Lipinski definition) is 10. The van der Waals surface area contributed by atoms with Crippen molar-refractivity contribution < 1.29 is 49.7 Å². The van der Waals surface area contributed by atoms with Gasteiger partial charge in [-0.25, -0.2) is 29.9 Å². The van der Waals surface area contributed by atoms with Gasteiger partial charge in [0.25, 0.3) is 0 Å². The SMILES string of the molecule is CCNc1ncnc2c1ncn2C1OC(CSCCC(N)C(=O)O)C(O)C1O.CNc1ncnc2c1ncn2C1OC(CSCCC(N)C(=O)O)C(O)C1O. The maximum absolute atomic E-state index is 10.7. The second-order valence-electron chi connectivity index (χ2n) is 12.6. The number of aromatic nitrogens is 8. The van der Waals surface area contributed by atoms with Crippen molar-refractivity contribution in [1.29, 1.82) is 0 Å². The Kier molecular flexibility index (Phi) is 14.8. The van der Waals surface area contributed by atoms with E-state index in [0.717, 1.165) is 0 Å². The molecule has 0 aromatic carbocycles. The lowest BCUT2D eigenvalue weighted by molar-refractivity contribution is -0.139. The lowest BCUT2D eigenvalue weighted by atomic mass is 10.1. The molecule has 0 aliphatic carbocycles. The van der Waals surface area contributed by atoms with Gasteiger partial charge in [-0.05, 0) is 31.3 Å². The Morgan fingerprint density at radius 3 is 1.60 bits per heavy atom. The number of nitrogens with one attached hydrogen (secondary N) is 2. The van der Waals surface area contributed by atoms with E-state index in [1.54, 1.807) is 16.2 Å². The molecule has 2 aliphatic heterocycles. The molecule has 0 saturated carbocycles. The van der Waals surface area contributed by atoms with Crippen molar-refractivity contribution >= 4 is 69.4 Å². The number of rotatable bonds is 17. The molecule has 10 atom stereocenters. The Labute approximate surface area is 322 Å². The van der Waals surface area contributed by atoms with Crippen molar-refractivity contribution in [2.75, 3.05) is 47.2 Å². The summed E-state index contributed by atoms with van der Waals surface area (Å²) in [6.45, 7) is 2.61. The van der Waals surface area contributed by atoms with Gasteiger partial charge in [0.05, 0.1) is 24.9 Å². The zero-order valence-electron chi connectivity index (χ0n) is 29.9. The monoisotopic (exact) mass is 810 g/mol. The normalized spacial score (nSPS) is 26.1. The number of aliphatic carboxylic acids is 2. The number of hydrogen-bond acceptors (Lipinski definition) is 20. The smallest absolute Gasteiger partial charge is 0.320 e. The van der Waals surface area contributed by atoms with Crippen LogP contribution in [-0.2, 0) is 19.1 Å². The lowest BCUT2D eigenvalue weighted by Gasteiger charge is -2.16. The van der Waals surface area contributed by atoms with Crippen molar-refractivity contribution in [3.8, 4) is 0 Å². The van der Waals surface area contributed by atoms with Gasteiger partial charge in [-0.2, -0.15) is 23.5 Å². The van der Waals surface area contributed by atoms with E-state index >= 15 is 0 Å². The zero-order chi connectivity index (χ0) is 39.8. The van der Waals surface area contributed by atoms with Crippen LogP contribution in [0.2, 0.25) is 0 Å². The predicted molar refractivity (Wildman–Crippen MR) is 201 cm³/mol. The molecule has 0 spiro atoms. The van der Waals surface area contributed by atoms with Crippen LogP contribution in [0.25, 0.3) is 22.3 Å². The summed E-state index contributed by atoms with van der Waals surface area (Å²) >= 11 is 2.83. The molecular weight excluding hydrogens is 765 g/mol.